The van der Waals surface area contributed by atoms with Crippen molar-refractivity contribution in [2.24, 2.45) is 0 Å². The van der Waals surface area contributed by atoms with Gasteiger partial charge in [-0.3, -0.25) is 4.79 Å². The lowest BCUT2D eigenvalue weighted by atomic mass is 10.3. The molecular formula is C4H8OS2. The fraction of sp³-hybridized carbons (Fsp3) is 0.750. The second kappa shape index (κ2) is 3.38. The summed E-state index contributed by atoms with van der Waals surface area (Å²) in [5.41, 5.74) is 0. The Bertz CT molecular complexity index is 70.1. The highest BCUT2D eigenvalue weighted by molar-refractivity contribution is 8.00. The average Bonchev–Trinajstić information content (AvgIpc) is 1.65. The molecule has 0 aliphatic rings. The van der Waals surface area contributed by atoms with E-state index in [0.717, 1.165) is 0 Å². The largest absolute Gasteiger partial charge is 0.298 e. The highest BCUT2D eigenvalue weighted by atomic mass is 32.2. The molecule has 0 unspecified atom stereocenters. The molecule has 0 aromatic carbocycles. The summed E-state index contributed by atoms with van der Waals surface area (Å²) in [7, 11) is 0. The lowest BCUT2D eigenvalue weighted by Gasteiger charge is -1.94. The van der Waals surface area contributed by atoms with Crippen molar-refractivity contribution < 1.29 is 4.79 Å². The summed E-state index contributed by atoms with van der Waals surface area (Å²) < 4.78 is -0.384. The Morgan fingerprint density at radius 1 is 1.71 bits per heavy atom. The summed E-state index contributed by atoms with van der Waals surface area (Å²) in [4.78, 5) is 10.4. The van der Waals surface area contributed by atoms with E-state index < -0.39 is 0 Å². The minimum atomic E-state index is -0.384. The van der Waals surface area contributed by atoms with Crippen molar-refractivity contribution in [2.45, 2.75) is 17.9 Å². The molecule has 3 heteroatoms. The van der Waals surface area contributed by atoms with Gasteiger partial charge in [-0.05, 0) is 0 Å². The molecule has 0 saturated heterocycles. The second-order valence-corrected chi connectivity index (χ2v) is 2.63. The number of ketones is 1. The highest BCUT2D eigenvalue weighted by Gasteiger charge is 2.02. The Balaban J connectivity index is 3.35. The van der Waals surface area contributed by atoms with E-state index in [2.05, 4.69) is 25.3 Å². The van der Waals surface area contributed by atoms with Gasteiger partial charge in [0.05, 0.1) is 0 Å². The van der Waals surface area contributed by atoms with Crippen molar-refractivity contribution in [3.05, 3.63) is 0 Å². The van der Waals surface area contributed by atoms with Crippen LogP contribution in [0.1, 0.15) is 13.3 Å². The van der Waals surface area contributed by atoms with Gasteiger partial charge >= 0.3 is 0 Å². The SMILES string of the molecule is CCC(=O)C(S)S. The second-order valence-electron chi connectivity index (χ2n) is 1.19. The van der Waals surface area contributed by atoms with Crippen LogP contribution in [-0.2, 0) is 4.79 Å². The van der Waals surface area contributed by atoms with Gasteiger partial charge < -0.3 is 0 Å². The van der Waals surface area contributed by atoms with E-state index in [1.54, 1.807) is 6.92 Å². The Morgan fingerprint density at radius 3 is 2.14 bits per heavy atom. The minimum Gasteiger partial charge on any atom is -0.298 e. The third-order valence-corrected chi connectivity index (χ3v) is 1.21. The topological polar surface area (TPSA) is 17.1 Å². The average molecular weight is 136 g/mol. The fourth-order valence-corrected chi connectivity index (χ4v) is 0.548. The summed E-state index contributed by atoms with van der Waals surface area (Å²) in [6.07, 6.45) is 0.525. The quantitative estimate of drug-likeness (QED) is 0.430. The van der Waals surface area contributed by atoms with Crippen LogP contribution in [0.2, 0.25) is 0 Å². The minimum absolute atomic E-state index is 0.0756. The molecule has 0 amide bonds. The lowest BCUT2D eigenvalue weighted by molar-refractivity contribution is -0.116. The van der Waals surface area contributed by atoms with Crippen LogP contribution in [0.4, 0.5) is 0 Å². The van der Waals surface area contributed by atoms with Crippen molar-refractivity contribution in [3.8, 4) is 0 Å². The van der Waals surface area contributed by atoms with Crippen LogP contribution in [0.5, 0.6) is 0 Å². The van der Waals surface area contributed by atoms with Crippen molar-refractivity contribution in [1.29, 1.82) is 0 Å². The van der Waals surface area contributed by atoms with Crippen LogP contribution in [0, 0.1) is 0 Å². The monoisotopic (exact) mass is 136 g/mol. The van der Waals surface area contributed by atoms with Crippen LogP contribution in [-0.4, -0.2) is 10.4 Å². The molecule has 0 N–H and O–H groups in total. The van der Waals surface area contributed by atoms with Gasteiger partial charge in [0.2, 0.25) is 0 Å². The number of hydrogen-bond acceptors (Lipinski definition) is 3. The van der Waals surface area contributed by atoms with Crippen molar-refractivity contribution in [1.82, 2.24) is 0 Å². The predicted molar refractivity (Wildman–Crippen MR) is 37.1 cm³/mol. The normalized spacial score (nSPS) is 9.71. The van der Waals surface area contributed by atoms with Gasteiger partial charge in [-0.1, -0.05) is 6.92 Å². The maximum atomic E-state index is 10.4. The van der Waals surface area contributed by atoms with Gasteiger partial charge in [-0.2, -0.15) is 25.3 Å². The van der Waals surface area contributed by atoms with Crippen molar-refractivity contribution >= 4 is 31.0 Å². The summed E-state index contributed by atoms with van der Waals surface area (Å²) in [6.45, 7) is 1.79. The smallest absolute Gasteiger partial charge is 0.155 e. The molecule has 0 bridgehead atoms. The zero-order valence-corrected chi connectivity index (χ0v) is 5.88. The van der Waals surface area contributed by atoms with Crippen molar-refractivity contribution in [2.75, 3.05) is 0 Å². The zero-order valence-electron chi connectivity index (χ0n) is 4.09. The zero-order chi connectivity index (χ0) is 5.86. The van der Waals surface area contributed by atoms with Gasteiger partial charge in [0.15, 0.2) is 5.78 Å². The Labute approximate surface area is 54.3 Å². The maximum absolute atomic E-state index is 10.4. The predicted octanol–water partition coefficient (Wildman–Crippen LogP) is 1.15. The first-order valence-corrected chi connectivity index (χ1v) is 3.10. The maximum Gasteiger partial charge on any atom is 0.155 e. The third-order valence-electron chi connectivity index (χ3n) is 0.636. The number of carbonyl (C=O) groups excluding carboxylic acids is 1. The standard InChI is InChI=1S/C4H8OS2/c1-2-3(5)4(6)7/h4,6-7H,2H2,1H3. The molecule has 0 atom stereocenters. The molecule has 0 saturated carbocycles. The van der Waals surface area contributed by atoms with Crippen LogP contribution < -0.4 is 0 Å². The lowest BCUT2D eigenvalue weighted by Crippen LogP contribution is -2.04. The molecule has 0 spiro atoms. The molecule has 0 aromatic rings. The van der Waals surface area contributed by atoms with E-state index in [9.17, 15) is 4.79 Å². The van der Waals surface area contributed by atoms with Crippen LogP contribution in [0.15, 0.2) is 0 Å². The van der Waals surface area contributed by atoms with Crippen LogP contribution >= 0.6 is 25.3 Å². The van der Waals surface area contributed by atoms with E-state index in [4.69, 9.17) is 0 Å². The summed E-state index contributed by atoms with van der Waals surface area (Å²) >= 11 is 7.58. The van der Waals surface area contributed by atoms with Gasteiger partial charge in [-0.15, -0.1) is 0 Å². The van der Waals surface area contributed by atoms with E-state index >= 15 is 0 Å². The number of Topliss-reactive ketones (excluding diaryl/α,β-unsaturated/α-hetero) is 1. The van der Waals surface area contributed by atoms with Crippen molar-refractivity contribution in [3.63, 3.8) is 0 Å². The molecule has 0 heterocycles. The molecular weight excluding hydrogens is 128 g/mol. The van der Waals surface area contributed by atoms with Gasteiger partial charge in [0.25, 0.3) is 0 Å². The molecule has 0 radical (unpaired) electrons. The van der Waals surface area contributed by atoms with Gasteiger partial charge in [-0.25, -0.2) is 0 Å². The van der Waals surface area contributed by atoms with Gasteiger partial charge in [0, 0.05) is 6.42 Å². The first-order chi connectivity index (χ1) is 3.18. The Kier molecular flexibility index (Phi) is 3.56. The summed E-state index contributed by atoms with van der Waals surface area (Å²) in [6, 6.07) is 0. The van der Waals surface area contributed by atoms with E-state index in [1.807, 2.05) is 0 Å². The highest BCUT2D eigenvalue weighted by Crippen LogP contribution is 2.02. The summed E-state index contributed by atoms with van der Waals surface area (Å²) in [5.74, 6) is 0.0756. The first kappa shape index (κ1) is 7.37. The molecule has 7 heavy (non-hydrogen) atoms. The Hall–Kier alpha value is 0.370. The number of hydrogen-bond donors (Lipinski definition) is 2. The number of carbonyl (C=O) groups is 1. The third kappa shape index (κ3) is 3.00. The van der Waals surface area contributed by atoms with Gasteiger partial charge in [0.1, 0.15) is 4.58 Å². The first-order valence-electron chi connectivity index (χ1n) is 2.07. The number of rotatable bonds is 2. The van der Waals surface area contributed by atoms with Crippen LogP contribution in [0.3, 0.4) is 0 Å². The molecule has 0 aliphatic heterocycles. The summed E-state index contributed by atoms with van der Waals surface area (Å²) in [5, 5.41) is 0. The number of thiol groups is 2. The molecule has 1 nitrogen and oxygen atoms in total. The van der Waals surface area contributed by atoms with E-state index in [-0.39, 0.29) is 10.4 Å². The molecule has 0 rings (SSSR count). The Morgan fingerprint density at radius 2 is 2.14 bits per heavy atom. The molecule has 42 valence electrons. The molecule has 0 aliphatic carbocycles. The van der Waals surface area contributed by atoms with E-state index in [0.29, 0.717) is 6.42 Å². The molecule has 0 aromatic heterocycles. The fourth-order valence-electron chi connectivity index (χ4n) is 0.183. The van der Waals surface area contributed by atoms with E-state index in [1.165, 1.54) is 0 Å². The molecule has 0 fully saturated rings. The van der Waals surface area contributed by atoms with Crippen LogP contribution in [0.25, 0.3) is 0 Å².